The van der Waals surface area contributed by atoms with E-state index >= 15 is 0 Å². The molecule has 4 nitrogen and oxygen atoms in total. The van der Waals surface area contributed by atoms with E-state index in [2.05, 4.69) is 178 Å². The largest absolute Gasteiger partial charge is 0.400 e. The fourth-order valence-corrected chi connectivity index (χ4v) is 6.06. The lowest BCUT2D eigenvalue weighted by atomic mass is 9.82. The molecule has 0 aromatic heterocycles. The Kier molecular flexibility index (Phi) is 25.5. The van der Waals surface area contributed by atoms with Gasteiger partial charge in [-0.25, -0.2) is 0 Å². The average molecular weight is 761 g/mol. The molecule has 0 atom stereocenters. The van der Waals surface area contributed by atoms with Crippen molar-refractivity contribution in [3.8, 4) is 0 Å². The molecular formula is C52H76N2O2. The van der Waals surface area contributed by atoms with Crippen LogP contribution in [0.2, 0.25) is 0 Å². The smallest absolute Gasteiger partial charge is 0.0619 e. The zero-order valence-corrected chi connectivity index (χ0v) is 38.0. The molecule has 0 aliphatic carbocycles. The number of hydrogen-bond donors (Lipinski definition) is 2. The third kappa shape index (κ3) is 13.1. The van der Waals surface area contributed by atoms with E-state index in [9.17, 15) is 0 Å². The summed E-state index contributed by atoms with van der Waals surface area (Å²) < 4.78 is 0. The maximum Gasteiger partial charge on any atom is 0.0619 e. The van der Waals surface area contributed by atoms with Gasteiger partial charge in [-0.05, 0) is 98.2 Å². The summed E-state index contributed by atoms with van der Waals surface area (Å²) in [6.45, 7) is 46.5. The lowest BCUT2D eigenvalue weighted by Crippen LogP contribution is -2.24. The van der Waals surface area contributed by atoms with Crippen LogP contribution in [0.5, 0.6) is 0 Å². The van der Waals surface area contributed by atoms with Crippen molar-refractivity contribution in [1.29, 1.82) is 0 Å². The molecule has 0 bridgehead atoms. The maximum absolute atomic E-state index is 7.00. The minimum absolute atomic E-state index is 0.0688. The van der Waals surface area contributed by atoms with Crippen LogP contribution in [0, 0.1) is 0 Å². The highest BCUT2D eigenvalue weighted by Gasteiger charge is 2.28. The van der Waals surface area contributed by atoms with Crippen LogP contribution in [0.4, 0.5) is 11.4 Å². The van der Waals surface area contributed by atoms with Gasteiger partial charge in [0.1, 0.15) is 0 Å². The van der Waals surface area contributed by atoms with Crippen molar-refractivity contribution in [2.75, 3.05) is 24.0 Å². The first kappa shape index (κ1) is 53.2. The third-order valence-electron chi connectivity index (χ3n) is 8.53. The topological polar surface area (TPSA) is 46.9 Å². The van der Waals surface area contributed by atoms with E-state index in [0.29, 0.717) is 0 Å². The molecule has 0 spiro atoms. The second-order valence-corrected chi connectivity index (χ2v) is 13.9. The number of aliphatic hydroxyl groups excluding tert-OH is 2. The molecule has 0 radical (unpaired) electrons. The molecule has 306 valence electrons. The van der Waals surface area contributed by atoms with Gasteiger partial charge in [-0.2, -0.15) is 0 Å². The normalized spacial score (nSPS) is 12.3. The Morgan fingerprint density at radius 2 is 0.804 bits per heavy atom. The van der Waals surface area contributed by atoms with E-state index < -0.39 is 0 Å². The first-order valence-corrected chi connectivity index (χ1v) is 19.8. The van der Waals surface area contributed by atoms with Crippen molar-refractivity contribution in [2.45, 2.75) is 108 Å². The van der Waals surface area contributed by atoms with E-state index in [0.717, 1.165) is 69.9 Å². The minimum Gasteiger partial charge on any atom is -0.400 e. The van der Waals surface area contributed by atoms with Crippen LogP contribution in [-0.4, -0.2) is 24.4 Å². The molecule has 0 unspecified atom stereocenters. The third-order valence-corrected chi connectivity index (χ3v) is 8.53. The van der Waals surface area contributed by atoms with Crippen LogP contribution >= 0.6 is 0 Å². The van der Waals surface area contributed by atoms with Gasteiger partial charge in [-0.15, -0.1) is 0 Å². The fourth-order valence-electron chi connectivity index (χ4n) is 6.06. The number of rotatable bonds is 12. The molecule has 2 N–H and O–H groups in total. The van der Waals surface area contributed by atoms with E-state index in [4.69, 9.17) is 10.2 Å². The van der Waals surface area contributed by atoms with Gasteiger partial charge in [0.2, 0.25) is 0 Å². The monoisotopic (exact) mass is 761 g/mol. The molecule has 3 aromatic rings. The molecular weight excluding hydrogens is 685 g/mol. The van der Waals surface area contributed by atoms with Gasteiger partial charge >= 0.3 is 0 Å². The molecule has 3 aromatic carbocycles. The highest BCUT2D eigenvalue weighted by atomic mass is 16.2. The lowest BCUT2D eigenvalue weighted by Gasteiger charge is -2.35. The number of nitrogens with zero attached hydrogens (tertiary/aromatic N) is 2. The fraction of sp³-hybridized carbons (Fsp3) is 0.346. The highest BCUT2D eigenvalue weighted by Crippen LogP contribution is 2.49. The average Bonchev–Trinajstić information content (AvgIpc) is 3.21. The van der Waals surface area contributed by atoms with Gasteiger partial charge in [0.15, 0.2) is 0 Å². The van der Waals surface area contributed by atoms with Crippen LogP contribution in [0.15, 0.2) is 158 Å². The Labute approximate surface area is 343 Å². The van der Waals surface area contributed by atoms with Gasteiger partial charge in [0.05, 0.1) is 11.4 Å². The number of anilines is 2. The number of aliphatic hydroxyl groups is 2. The first-order valence-electron chi connectivity index (χ1n) is 19.8. The molecule has 0 fully saturated rings. The summed E-state index contributed by atoms with van der Waals surface area (Å²) >= 11 is 0. The Hall–Kier alpha value is -4.90. The Bertz CT molecular complexity index is 1760. The number of hydrogen-bond acceptors (Lipinski definition) is 4. The van der Waals surface area contributed by atoms with Gasteiger partial charge in [0.25, 0.3) is 0 Å². The SMILES string of the molecule is C=C/C=C(\C=C)N(C(/C=C\C)=C/C)c1c2ccc(C(C)(C)C)cc2c(N(/C(C=C)=C/C=C)C(/C=C\C)=C/C)c2ccc(C(C)(C)C)cc12.CC.CC.CO.CO. The van der Waals surface area contributed by atoms with Crippen molar-refractivity contribution < 1.29 is 10.2 Å². The molecule has 0 aliphatic rings. The number of benzene rings is 3. The van der Waals surface area contributed by atoms with Crippen molar-refractivity contribution in [1.82, 2.24) is 0 Å². The van der Waals surface area contributed by atoms with Crippen LogP contribution in [0.25, 0.3) is 21.5 Å². The second kappa shape index (κ2) is 26.8. The lowest BCUT2D eigenvalue weighted by molar-refractivity contribution is 0.399. The molecule has 0 aliphatic heterocycles. The van der Waals surface area contributed by atoms with Gasteiger partial charge < -0.3 is 20.0 Å². The number of allylic oxidation sites excluding steroid dienone is 12. The van der Waals surface area contributed by atoms with E-state index in [1.165, 1.54) is 11.1 Å². The molecule has 56 heavy (non-hydrogen) atoms. The van der Waals surface area contributed by atoms with Crippen LogP contribution in [0.1, 0.15) is 108 Å². The Morgan fingerprint density at radius 3 is 1.02 bits per heavy atom. The van der Waals surface area contributed by atoms with E-state index in [-0.39, 0.29) is 10.8 Å². The zero-order valence-electron chi connectivity index (χ0n) is 38.0. The second-order valence-electron chi connectivity index (χ2n) is 13.9. The molecule has 3 rings (SSSR count). The van der Waals surface area contributed by atoms with Gasteiger partial charge in [-0.1, -0.05) is 156 Å². The summed E-state index contributed by atoms with van der Waals surface area (Å²) in [6, 6.07) is 13.9. The van der Waals surface area contributed by atoms with Crippen molar-refractivity contribution >= 4 is 32.9 Å². The maximum atomic E-state index is 7.00. The first-order chi connectivity index (χ1) is 26.8. The Balaban J connectivity index is 0. The standard InChI is InChI=1S/C46H56N2.2C2H6.2CH4O/c1-15-23-35(19-5)47(36(20-6)24-16-2)43-39-29-27-34(46(12,13)14)32-42(39)44(40-30-28-33(31-41(40)43)45(9,10)11)48(37(21-7)25-17-3)38(22-8)26-18-4;4*1-2/h15-32H,1,3,5,7H2,2,4,6,8-14H3;2*1-2H3;2*2H,1H3/b24-16-,26-18-,35-23+,36-20+,37-25+,38-22+;;;;. The van der Waals surface area contributed by atoms with Crippen LogP contribution < -0.4 is 9.80 Å². The molecule has 0 saturated heterocycles. The zero-order chi connectivity index (χ0) is 43.8. The molecule has 0 heterocycles. The van der Waals surface area contributed by atoms with Crippen LogP contribution in [0.3, 0.4) is 0 Å². The van der Waals surface area contributed by atoms with Crippen LogP contribution in [-0.2, 0) is 10.8 Å². The molecule has 4 heteroatoms. The highest BCUT2D eigenvalue weighted by molar-refractivity contribution is 6.22. The van der Waals surface area contributed by atoms with E-state index in [1.54, 1.807) is 0 Å². The molecule has 0 saturated carbocycles. The van der Waals surface area contributed by atoms with Crippen molar-refractivity contribution in [3.63, 3.8) is 0 Å². The molecule has 0 amide bonds. The summed E-state index contributed by atoms with van der Waals surface area (Å²) in [4.78, 5) is 4.65. The summed E-state index contributed by atoms with van der Waals surface area (Å²) in [7, 11) is 2.00. The van der Waals surface area contributed by atoms with Crippen molar-refractivity contribution in [3.05, 3.63) is 170 Å². The quantitative estimate of drug-likeness (QED) is 0.110. The van der Waals surface area contributed by atoms with E-state index in [1.807, 2.05) is 64.2 Å². The summed E-state index contributed by atoms with van der Waals surface area (Å²) in [5.41, 5.74) is 8.51. The predicted octanol–water partition coefficient (Wildman–Crippen LogP) is 14.9. The van der Waals surface area contributed by atoms with Gasteiger partial charge in [0, 0.05) is 58.6 Å². The van der Waals surface area contributed by atoms with Crippen molar-refractivity contribution in [2.24, 2.45) is 0 Å². The predicted molar refractivity (Wildman–Crippen MR) is 257 cm³/mol. The Morgan fingerprint density at radius 1 is 0.500 bits per heavy atom. The summed E-state index contributed by atoms with van der Waals surface area (Å²) in [6.07, 6.45) is 24.3. The van der Waals surface area contributed by atoms with Gasteiger partial charge in [-0.3, -0.25) is 0 Å². The summed E-state index contributed by atoms with van der Waals surface area (Å²) in [5.74, 6) is 0. The number of fused-ring (bicyclic) bond motifs is 2. The summed E-state index contributed by atoms with van der Waals surface area (Å²) in [5, 5.41) is 18.5. The minimum atomic E-state index is -0.0688.